The van der Waals surface area contributed by atoms with Gasteiger partial charge in [-0.2, -0.15) is 0 Å². The van der Waals surface area contributed by atoms with E-state index in [1.165, 1.54) is 5.56 Å². The summed E-state index contributed by atoms with van der Waals surface area (Å²) in [5.41, 5.74) is 2.51. The Balaban J connectivity index is 1.47. The molecule has 1 N–H and O–H groups in total. The van der Waals surface area contributed by atoms with Crippen LogP contribution in [-0.4, -0.2) is 36.5 Å². The van der Waals surface area contributed by atoms with Gasteiger partial charge in [0, 0.05) is 18.2 Å². The third-order valence-corrected chi connectivity index (χ3v) is 4.87. The first-order chi connectivity index (χ1) is 13.2. The summed E-state index contributed by atoms with van der Waals surface area (Å²) in [6.07, 6.45) is 1.72. The first-order valence-electron chi connectivity index (χ1n) is 9.50. The second kappa shape index (κ2) is 9.33. The maximum absolute atomic E-state index is 12.5. The van der Waals surface area contributed by atoms with Crippen molar-refractivity contribution in [1.82, 2.24) is 4.90 Å². The number of carbonyl (C=O) groups is 2. The molecule has 27 heavy (non-hydrogen) atoms. The van der Waals surface area contributed by atoms with E-state index in [0.29, 0.717) is 17.9 Å². The van der Waals surface area contributed by atoms with Gasteiger partial charge >= 0.3 is 5.97 Å². The Labute approximate surface area is 160 Å². The molecule has 0 bridgehead atoms. The number of benzene rings is 2. The largest absolute Gasteiger partial charge is 0.462 e. The Kier molecular flexibility index (Phi) is 6.60. The Morgan fingerprint density at radius 2 is 1.70 bits per heavy atom. The van der Waals surface area contributed by atoms with E-state index in [-0.39, 0.29) is 17.8 Å². The Morgan fingerprint density at radius 1 is 1.04 bits per heavy atom. The minimum absolute atomic E-state index is 0.0294. The number of esters is 1. The second-order valence-electron chi connectivity index (χ2n) is 6.82. The SMILES string of the molecule is CCOC(=O)c1ccc(NC(=O)C2CCN(Cc3ccccc3)CC2)cc1. The van der Waals surface area contributed by atoms with Gasteiger partial charge < -0.3 is 10.1 Å². The summed E-state index contributed by atoms with van der Waals surface area (Å²) >= 11 is 0. The molecule has 5 nitrogen and oxygen atoms in total. The first kappa shape index (κ1) is 19.1. The lowest BCUT2D eigenvalue weighted by Gasteiger charge is -2.31. The summed E-state index contributed by atoms with van der Waals surface area (Å²) < 4.78 is 4.97. The standard InChI is InChI=1S/C22H26N2O3/c1-2-27-22(26)19-8-10-20(11-9-19)23-21(25)18-12-14-24(15-13-18)16-17-6-4-3-5-7-17/h3-11,18H,2,12-16H2,1H3,(H,23,25). The molecule has 1 fully saturated rings. The third-order valence-electron chi connectivity index (χ3n) is 4.87. The molecule has 2 aromatic rings. The molecule has 0 unspecified atom stereocenters. The molecule has 1 aliphatic rings. The van der Waals surface area contributed by atoms with Crippen molar-refractivity contribution in [3.8, 4) is 0 Å². The highest BCUT2D eigenvalue weighted by Crippen LogP contribution is 2.21. The summed E-state index contributed by atoms with van der Waals surface area (Å²) in [7, 11) is 0. The van der Waals surface area contributed by atoms with E-state index in [4.69, 9.17) is 4.74 Å². The van der Waals surface area contributed by atoms with E-state index in [0.717, 1.165) is 32.5 Å². The Hall–Kier alpha value is -2.66. The van der Waals surface area contributed by atoms with Gasteiger partial charge in [0.15, 0.2) is 0 Å². The van der Waals surface area contributed by atoms with Crippen molar-refractivity contribution in [3.63, 3.8) is 0 Å². The predicted molar refractivity (Wildman–Crippen MR) is 105 cm³/mol. The highest BCUT2D eigenvalue weighted by molar-refractivity contribution is 5.94. The number of ether oxygens (including phenoxy) is 1. The number of amides is 1. The van der Waals surface area contributed by atoms with Crippen molar-refractivity contribution >= 4 is 17.6 Å². The monoisotopic (exact) mass is 366 g/mol. The lowest BCUT2D eigenvalue weighted by atomic mass is 9.95. The molecule has 0 aliphatic carbocycles. The van der Waals surface area contributed by atoms with Crippen LogP contribution < -0.4 is 5.32 Å². The number of likely N-dealkylation sites (tertiary alicyclic amines) is 1. The summed E-state index contributed by atoms with van der Waals surface area (Å²) in [5, 5.41) is 2.96. The summed E-state index contributed by atoms with van der Waals surface area (Å²) in [6.45, 7) is 4.91. The lowest BCUT2D eigenvalue weighted by Crippen LogP contribution is -2.37. The minimum atomic E-state index is -0.346. The zero-order chi connectivity index (χ0) is 19.1. The van der Waals surface area contributed by atoms with Gasteiger partial charge in [-0.15, -0.1) is 0 Å². The summed E-state index contributed by atoms with van der Waals surface area (Å²) in [6, 6.07) is 17.3. The number of rotatable bonds is 6. The minimum Gasteiger partial charge on any atom is -0.462 e. The number of anilines is 1. The van der Waals surface area contributed by atoms with Crippen molar-refractivity contribution in [2.75, 3.05) is 25.0 Å². The smallest absolute Gasteiger partial charge is 0.338 e. The zero-order valence-corrected chi connectivity index (χ0v) is 15.7. The van der Waals surface area contributed by atoms with Gasteiger partial charge in [-0.3, -0.25) is 9.69 Å². The van der Waals surface area contributed by atoms with Crippen molar-refractivity contribution in [3.05, 3.63) is 65.7 Å². The van der Waals surface area contributed by atoms with Crippen molar-refractivity contribution in [2.45, 2.75) is 26.3 Å². The van der Waals surface area contributed by atoms with E-state index in [1.807, 2.05) is 6.07 Å². The number of hydrogen-bond donors (Lipinski definition) is 1. The fourth-order valence-electron chi connectivity index (χ4n) is 3.34. The molecule has 5 heteroatoms. The van der Waals surface area contributed by atoms with E-state index in [2.05, 4.69) is 34.5 Å². The highest BCUT2D eigenvalue weighted by Gasteiger charge is 2.25. The number of carbonyl (C=O) groups excluding carboxylic acids is 2. The van der Waals surface area contributed by atoms with Gasteiger partial charge in [0.05, 0.1) is 12.2 Å². The number of nitrogens with one attached hydrogen (secondary N) is 1. The predicted octanol–water partition coefficient (Wildman–Crippen LogP) is 3.71. The van der Waals surface area contributed by atoms with Crippen LogP contribution in [0.25, 0.3) is 0 Å². The van der Waals surface area contributed by atoms with Crippen LogP contribution in [0.15, 0.2) is 54.6 Å². The van der Waals surface area contributed by atoms with Crippen LogP contribution in [-0.2, 0) is 16.1 Å². The van der Waals surface area contributed by atoms with E-state index >= 15 is 0 Å². The fourth-order valence-corrected chi connectivity index (χ4v) is 3.34. The number of hydrogen-bond acceptors (Lipinski definition) is 4. The highest BCUT2D eigenvalue weighted by atomic mass is 16.5. The number of nitrogens with zero attached hydrogens (tertiary/aromatic N) is 1. The van der Waals surface area contributed by atoms with Crippen LogP contribution in [0.2, 0.25) is 0 Å². The van der Waals surface area contributed by atoms with Gasteiger partial charge in [0.25, 0.3) is 0 Å². The van der Waals surface area contributed by atoms with E-state index in [1.54, 1.807) is 31.2 Å². The van der Waals surface area contributed by atoms with Gasteiger partial charge in [-0.1, -0.05) is 30.3 Å². The molecule has 1 aliphatic heterocycles. The molecular formula is C22H26N2O3. The van der Waals surface area contributed by atoms with Crippen molar-refractivity contribution < 1.29 is 14.3 Å². The van der Waals surface area contributed by atoms with Crippen LogP contribution in [0.1, 0.15) is 35.7 Å². The van der Waals surface area contributed by atoms with Gasteiger partial charge in [0.1, 0.15) is 0 Å². The second-order valence-corrected chi connectivity index (χ2v) is 6.82. The normalized spacial score (nSPS) is 15.3. The van der Waals surface area contributed by atoms with Crippen LogP contribution in [0, 0.1) is 5.92 Å². The maximum atomic E-state index is 12.5. The zero-order valence-electron chi connectivity index (χ0n) is 15.7. The molecule has 0 aromatic heterocycles. The fraction of sp³-hybridized carbons (Fsp3) is 0.364. The van der Waals surface area contributed by atoms with Crippen LogP contribution >= 0.6 is 0 Å². The molecule has 0 radical (unpaired) electrons. The molecule has 0 saturated carbocycles. The molecule has 1 amide bonds. The Bertz CT molecular complexity index is 751. The van der Waals surface area contributed by atoms with Crippen molar-refractivity contribution in [1.29, 1.82) is 0 Å². The first-order valence-corrected chi connectivity index (χ1v) is 9.50. The lowest BCUT2D eigenvalue weighted by molar-refractivity contribution is -0.121. The molecular weight excluding hydrogens is 340 g/mol. The maximum Gasteiger partial charge on any atom is 0.338 e. The van der Waals surface area contributed by atoms with Crippen molar-refractivity contribution in [2.24, 2.45) is 5.92 Å². The van der Waals surface area contributed by atoms with E-state index < -0.39 is 0 Å². The van der Waals surface area contributed by atoms with E-state index in [9.17, 15) is 9.59 Å². The van der Waals surface area contributed by atoms with Crippen LogP contribution in [0.4, 0.5) is 5.69 Å². The molecule has 142 valence electrons. The summed E-state index contributed by atoms with van der Waals surface area (Å²) in [4.78, 5) is 26.6. The van der Waals surface area contributed by atoms with Gasteiger partial charge in [-0.05, 0) is 62.7 Å². The van der Waals surface area contributed by atoms with Crippen LogP contribution in [0.3, 0.4) is 0 Å². The molecule has 1 saturated heterocycles. The molecule has 1 heterocycles. The van der Waals surface area contributed by atoms with Gasteiger partial charge in [-0.25, -0.2) is 4.79 Å². The molecule has 3 rings (SSSR count). The molecule has 0 spiro atoms. The number of piperidine rings is 1. The third kappa shape index (κ3) is 5.41. The molecule has 0 atom stereocenters. The molecule has 2 aromatic carbocycles. The summed E-state index contributed by atoms with van der Waals surface area (Å²) in [5.74, 6) is -0.263. The van der Waals surface area contributed by atoms with Crippen LogP contribution in [0.5, 0.6) is 0 Å². The Morgan fingerprint density at radius 3 is 2.33 bits per heavy atom. The topological polar surface area (TPSA) is 58.6 Å². The average Bonchev–Trinajstić information content (AvgIpc) is 2.70. The van der Waals surface area contributed by atoms with Gasteiger partial charge in [0.2, 0.25) is 5.91 Å². The quantitative estimate of drug-likeness (QED) is 0.792. The average molecular weight is 366 g/mol.